The van der Waals surface area contributed by atoms with Crippen LogP contribution in [0.3, 0.4) is 0 Å². The van der Waals surface area contributed by atoms with Crippen molar-refractivity contribution < 1.29 is 9.47 Å². The summed E-state index contributed by atoms with van der Waals surface area (Å²) in [5.41, 5.74) is 6.31. The van der Waals surface area contributed by atoms with Gasteiger partial charge >= 0.3 is 0 Å². The van der Waals surface area contributed by atoms with Crippen LogP contribution in [0.5, 0.6) is 11.5 Å². The number of rotatable bonds is 10. The van der Waals surface area contributed by atoms with E-state index in [4.69, 9.17) is 19.4 Å². The number of fused-ring (bicyclic) bond motifs is 2. The van der Waals surface area contributed by atoms with E-state index in [0.29, 0.717) is 13.2 Å². The molecular weight excluding hydrogens is 448 g/mol. The van der Waals surface area contributed by atoms with Crippen LogP contribution in [-0.2, 0) is 13.1 Å². The van der Waals surface area contributed by atoms with Gasteiger partial charge in [-0.1, -0.05) is 38.1 Å². The fourth-order valence-electron chi connectivity index (χ4n) is 4.87. The molecule has 2 heterocycles. The fraction of sp³-hybridized carbons (Fsp3) is 0.333. The van der Waals surface area contributed by atoms with Crippen LogP contribution in [0.25, 0.3) is 44.8 Å². The van der Waals surface area contributed by atoms with Crippen molar-refractivity contribution in [2.45, 2.75) is 53.6 Å². The second-order valence-electron chi connectivity index (χ2n) is 8.93. The van der Waals surface area contributed by atoms with E-state index in [9.17, 15) is 0 Å². The highest BCUT2D eigenvalue weighted by Crippen LogP contribution is 2.33. The first kappa shape index (κ1) is 23.9. The standard InChI is InChI=1S/C30H34N4O2/c1-5-15-33-27-20-28-26(19-25(27)31-29(33)21-11-9-13-23(17-21)35-7-3)32-30(34(28)16-6-2)22-12-10-14-24(18-22)36-8-4/h9-14,17-20H,5-8,15-16H2,1-4H3. The summed E-state index contributed by atoms with van der Waals surface area (Å²) >= 11 is 0. The molecule has 6 nitrogen and oxygen atoms in total. The predicted octanol–water partition coefficient (Wildman–Crippen LogP) is 7.34. The largest absolute Gasteiger partial charge is 0.494 e. The summed E-state index contributed by atoms with van der Waals surface area (Å²) in [7, 11) is 0. The molecule has 0 saturated heterocycles. The Morgan fingerprint density at radius 2 is 1.08 bits per heavy atom. The lowest BCUT2D eigenvalue weighted by atomic mass is 10.2. The molecule has 0 aliphatic rings. The molecule has 0 aliphatic carbocycles. The molecule has 0 spiro atoms. The SMILES string of the molecule is CCCn1c(-c2cccc(OCC)c2)nc2cc3nc(-c4cccc(OCC)c4)n(CCC)c3cc21. The summed E-state index contributed by atoms with van der Waals surface area (Å²) in [6.07, 6.45) is 2.04. The third-order valence-corrected chi connectivity index (χ3v) is 6.32. The van der Waals surface area contributed by atoms with Crippen LogP contribution in [0.1, 0.15) is 40.5 Å². The highest BCUT2D eigenvalue weighted by molar-refractivity contribution is 5.95. The molecule has 0 aliphatic heterocycles. The van der Waals surface area contributed by atoms with Crippen molar-refractivity contribution in [3.63, 3.8) is 0 Å². The van der Waals surface area contributed by atoms with Crippen LogP contribution >= 0.6 is 0 Å². The normalized spacial score (nSPS) is 11.4. The molecule has 2 aromatic heterocycles. The molecule has 0 amide bonds. The molecule has 0 N–H and O–H groups in total. The van der Waals surface area contributed by atoms with Gasteiger partial charge in [-0.15, -0.1) is 0 Å². The number of aryl methyl sites for hydroxylation is 2. The minimum Gasteiger partial charge on any atom is -0.494 e. The van der Waals surface area contributed by atoms with Crippen molar-refractivity contribution in [3.8, 4) is 34.3 Å². The quantitative estimate of drug-likeness (QED) is 0.209. The van der Waals surface area contributed by atoms with Gasteiger partial charge in [-0.3, -0.25) is 0 Å². The molecule has 0 fully saturated rings. The van der Waals surface area contributed by atoms with Crippen molar-refractivity contribution in [1.29, 1.82) is 0 Å². The maximum atomic E-state index is 5.75. The summed E-state index contributed by atoms with van der Waals surface area (Å²) in [4.78, 5) is 10.2. The molecule has 186 valence electrons. The highest BCUT2D eigenvalue weighted by Gasteiger charge is 2.18. The highest BCUT2D eigenvalue weighted by atomic mass is 16.5. The van der Waals surface area contributed by atoms with E-state index in [1.807, 2.05) is 38.1 Å². The van der Waals surface area contributed by atoms with E-state index in [1.165, 1.54) is 0 Å². The van der Waals surface area contributed by atoms with Gasteiger partial charge in [0, 0.05) is 24.2 Å². The number of imidazole rings is 2. The van der Waals surface area contributed by atoms with E-state index in [1.54, 1.807) is 0 Å². The van der Waals surface area contributed by atoms with Crippen molar-refractivity contribution in [1.82, 2.24) is 19.1 Å². The Kier molecular flexibility index (Phi) is 6.94. The first-order chi connectivity index (χ1) is 17.7. The fourth-order valence-corrected chi connectivity index (χ4v) is 4.87. The van der Waals surface area contributed by atoms with Gasteiger partial charge in [0.05, 0.1) is 35.3 Å². The summed E-state index contributed by atoms with van der Waals surface area (Å²) in [6.45, 7) is 11.5. The van der Waals surface area contributed by atoms with E-state index in [0.717, 1.165) is 82.3 Å². The molecule has 3 aromatic carbocycles. The predicted molar refractivity (Wildman–Crippen MR) is 147 cm³/mol. The summed E-state index contributed by atoms with van der Waals surface area (Å²) in [5.74, 6) is 3.66. The van der Waals surface area contributed by atoms with Gasteiger partial charge in [0.2, 0.25) is 0 Å². The van der Waals surface area contributed by atoms with Gasteiger partial charge in [-0.2, -0.15) is 0 Å². The zero-order valence-corrected chi connectivity index (χ0v) is 21.6. The Labute approximate surface area is 212 Å². The molecule has 5 aromatic rings. The molecule has 36 heavy (non-hydrogen) atoms. The number of benzene rings is 3. The van der Waals surface area contributed by atoms with Gasteiger partial charge in [0.1, 0.15) is 23.1 Å². The lowest BCUT2D eigenvalue weighted by molar-refractivity contribution is 0.340. The first-order valence-corrected chi connectivity index (χ1v) is 13.0. The topological polar surface area (TPSA) is 54.1 Å². The summed E-state index contributed by atoms with van der Waals surface area (Å²) < 4.78 is 16.2. The van der Waals surface area contributed by atoms with E-state index < -0.39 is 0 Å². The molecule has 5 rings (SSSR count). The molecule has 6 heteroatoms. The minimum atomic E-state index is 0.641. The summed E-state index contributed by atoms with van der Waals surface area (Å²) in [5, 5.41) is 0. The van der Waals surface area contributed by atoms with Crippen molar-refractivity contribution in [3.05, 3.63) is 60.7 Å². The van der Waals surface area contributed by atoms with Crippen molar-refractivity contribution in [2.75, 3.05) is 13.2 Å². The van der Waals surface area contributed by atoms with Gasteiger partial charge < -0.3 is 18.6 Å². The Morgan fingerprint density at radius 3 is 1.50 bits per heavy atom. The third kappa shape index (κ3) is 4.43. The van der Waals surface area contributed by atoms with Crippen molar-refractivity contribution >= 4 is 22.1 Å². The van der Waals surface area contributed by atoms with Gasteiger partial charge in [0.15, 0.2) is 0 Å². The van der Waals surface area contributed by atoms with Crippen LogP contribution in [0.15, 0.2) is 60.7 Å². The van der Waals surface area contributed by atoms with Crippen LogP contribution in [-0.4, -0.2) is 32.3 Å². The zero-order chi connectivity index (χ0) is 25.1. The maximum absolute atomic E-state index is 5.75. The number of hydrogen-bond acceptors (Lipinski definition) is 4. The van der Waals surface area contributed by atoms with E-state index >= 15 is 0 Å². The number of nitrogens with zero attached hydrogens (tertiary/aromatic N) is 4. The maximum Gasteiger partial charge on any atom is 0.141 e. The average molecular weight is 483 g/mol. The second kappa shape index (κ2) is 10.4. The Bertz CT molecular complexity index is 1390. The molecule has 0 bridgehead atoms. The van der Waals surface area contributed by atoms with Crippen LogP contribution in [0.2, 0.25) is 0 Å². The third-order valence-electron chi connectivity index (χ3n) is 6.32. The molecule has 0 saturated carbocycles. The molecule has 0 radical (unpaired) electrons. The van der Waals surface area contributed by atoms with Crippen molar-refractivity contribution in [2.24, 2.45) is 0 Å². The van der Waals surface area contributed by atoms with E-state index in [-0.39, 0.29) is 0 Å². The number of hydrogen-bond donors (Lipinski definition) is 0. The Morgan fingerprint density at radius 1 is 0.611 bits per heavy atom. The minimum absolute atomic E-state index is 0.641. The number of aromatic nitrogens is 4. The first-order valence-electron chi connectivity index (χ1n) is 13.0. The Balaban J connectivity index is 1.69. The van der Waals surface area contributed by atoms with Crippen LogP contribution in [0.4, 0.5) is 0 Å². The zero-order valence-electron chi connectivity index (χ0n) is 21.6. The van der Waals surface area contributed by atoms with Crippen LogP contribution < -0.4 is 9.47 Å². The second-order valence-corrected chi connectivity index (χ2v) is 8.93. The monoisotopic (exact) mass is 482 g/mol. The Hall–Kier alpha value is -3.80. The summed E-state index contributed by atoms with van der Waals surface area (Å²) in [6, 6.07) is 20.8. The van der Waals surface area contributed by atoms with Gasteiger partial charge in [-0.05, 0) is 63.1 Å². The molecule has 0 atom stereocenters. The lowest BCUT2D eigenvalue weighted by Crippen LogP contribution is -2.02. The van der Waals surface area contributed by atoms with E-state index in [2.05, 4.69) is 59.4 Å². The lowest BCUT2D eigenvalue weighted by Gasteiger charge is -2.11. The van der Waals surface area contributed by atoms with Gasteiger partial charge in [-0.25, -0.2) is 9.97 Å². The van der Waals surface area contributed by atoms with Gasteiger partial charge in [0.25, 0.3) is 0 Å². The number of ether oxygens (including phenoxy) is 2. The average Bonchev–Trinajstić information content (AvgIpc) is 3.42. The molecule has 0 unspecified atom stereocenters. The molecular formula is C30H34N4O2. The van der Waals surface area contributed by atoms with Crippen LogP contribution in [0, 0.1) is 0 Å². The smallest absolute Gasteiger partial charge is 0.141 e.